The van der Waals surface area contributed by atoms with Gasteiger partial charge in [-0.15, -0.1) is 0 Å². The molecule has 36 heavy (non-hydrogen) atoms. The van der Waals surface area contributed by atoms with Crippen molar-refractivity contribution in [2.24, 2.45) is 11.1 Å². The van der Waals surface area contributed by atoms with Gasteiger partial charge in [-0.25, -0.2) is 4.98 Å². The van der Waals surface area contributed by atoms with E-state index >= 15 is 0 Å². The highest BCUT2D eigenvalue weighted by atomic mass is 35.5. The average Bonchev–Trinajstić information content (AvgIpc) is 2.81. The molecule has 5 rings (SSSR count). The number of nitrogens with zero attached hydrogens (tertiary/aromatic N) is 3. The van der Waals surface area contributed by atoms with Crippen molar-refractivity contribution in [1.82, 2.24) is 9.97 Å². The molecular weight excluding hydrogens is 493 g/mol. The topological polar surface area (TPSA) is 122 Å². The fourth-order valence-corrected chi connectivity index (χ4v) is 6.72. The minimum atomic E-state index is -2.49. The van der Waals surface area contributed by atoms with E-state index in [-0.39, 0.29) is 0 Å². The van der Waals surface area contributed by atoms with Gasteiger partial charge in [-0.3, -0.25) is 0 Å². The summed E-state index contributed by atoms with van der Waals surface area (Å²) in [7, 11) is -2.49. The van der Waals surface area contributed by atoms with Crippen LogP contribution in [0.2, 0.25) is 5.02 Å². The Balaban J connectivity index is 1.29. The van der Waals surface area contributed by atoms with Crippen LogP contribution in [0, 0.1) is 5.41 Å². The summed E-state index contributed by atoms with van der Waals surface area (Å²) in [5, 5.41) is 7.54. The lowest BCUT2D eigenvalue weighted by atomic mass is 9.60. The molecule has 0 radical (unpaired) electrons. The lowest BCUT2D eigenvalue weighted by Crippen LogP contribution is -2.52. The summed E-state index contributed by atoms with van der Waals surface area (Å²) in [5.74, 6) is 0.807. The highest BCUT2D eigenvalue weighted by Gasteiger charge is 2.44. The summed E-state index contributed by atoms with van der Waals surface area (Å²) in [6, 6.07) is 13.8. The third kappa shape index (κ3) is 5.17. The van der Waals surface area contributed by atoms with Crippen LogP contribution in [-0.4, -0.2) is 42.4 Å². The molecule has 1 saturated heterocycles. The second-order valence-electron chi connectivity index (χ2n) is 10.4. The van der Waals surface area contributed by atoms with Gasteiger partial charge >= 0.3 is 0 Å². The van der Waals surface area contributed by atoms with Gasteiger partial charge in [0.1, 0.15) is 12.2 Å². The first-order chi connectivity index (χ1) is 17.1. The zero-order chi connectivity index (χ0) is 25.5. The van der Waals surface area contributed by atoms with Crippen molar-refractivity contribution in [2.75, 3.05) is 47.7 Å². The van der Waals surface area contributed by atoms with Gasteiger partial charge in [0.15, 0.2) is 5.82 Å². The Morgan fingerprint density at radius 1 is 1.11 bits per heavy atom. The van der Waals surface area contributed by atoms with E-state index in [0.717, 1.165) is 42.6 Å². The summed E-state index contributed by atoms with van der Waals surface area (Å²) in [5.41, 5.74) is 16.2. The summed E-state index contributed by atoms with van der Waals surface area (Å²) in [6.07, 6.45) is 6.18. The summed E-state index contributed by atoms with van der Waals surface area (Å²) < 4.78 is 12.7. The Hall–Kier alpha value is -2.80. The van der Waals surface area contributed by atoms with Crippen molar-refractivity contribution >= 4 is 58.6 Å². The Bertz CT molecular complexity index is 1310. The molecular formula is C26H33ClN7OP. The zero-order valence-corrected chi connectivity index (χ0v) is 22.3. The van der Waals surface area contributed by atoms with Crippen LogP contribution in [-0.2, 0) is 4.57 Å². The molecule has 2 aliphatic rings. The van der Waals surface area contributed by atoms with E-state index in [1.165, 1.54) is 19.0 Å². The molecule has 1 aliphatic carbocycles. The number of halogens is 1. The molecule has 3 aromatic rings. The second kappa shape index (κ2) is 9.58. The Morgan fingerprint density at radius 3 is 2.50 bits per heavy atom. The van der Waals surface area contributed by atoms with Crippen molar-refractivity contribution in [3.05, 3.63) is 53.7 Å². The first-order valence-electron chi connectivity index (χ1n) is 12.2. The van der Waals surface area contributed by atoms with Crippen molar-refractivity contribution in [2.45, 2.75) is 31.7 Å². The van der Waals surface area contributed by atoms with Gasteiger partial charge in [0, 0.05) is 30.1 Å². The third-order valence-corrected chi connectivity index (χ3v) is 9.15. The number of rotatable bonds is 6. The molecule has 10 heteroatoms. The number of nitrogens with two attached hydrogens (primary N) is 2. The summed E-state index contributed by atoms with van der Waals surface area (Å²) >= 11 is 6.37. The number of anilines is 6. The highest BCUT2D eigenvalue weighted by molar-refractivity contribution is 7.70. The maximum atomic E-state index is 12.7. The Morgan fingerprint density at radius 2 is 1.83 bits per heavy atom. The Kier molecular flexibility index (Phi) is 6.62. The lowest BCUT2D eigenvalue weighted by Gasteiger charge is -2.51. The van der Waals surface area contributed by atoms with Crippen LogP contribution in [0.1, 0.15) is 25.7 Å². The zero-order valence-electron chi connectivity index (χ0n) is 20.7. The Labute approximate surface area is 217 Å². The predicted octanol–water partition coefficient (Wildman–Crippen LogP) is 5.16. The molecule has 1 aromatic heterocycles. The summed E-state index contributed by atoms with van der Waals surface area (Å²) in [6.45, 7) is 5.48. The number of nitrogen functional groups attached to an aromatic ring is 1. The molecule has 0 unspecified atom stereocenters. The molecule has 6 N–H and O–H groups in total. The minimum Gasteiger partial charge on any atom is -0.397 e. The van der Waals surface area contributed by atoms with Crippen LogP contribution in [0.4, 0.5) is 34.5 Å². The summed E-state index contributed by atoms with van der Waals surface area (Å²) in [4.78, 5) is 11.2. The number of piperidine rings is 1. The number of nitrogens with one attached hydrogen (secondary N) is 2. The molecule has 0 atom stereocenters. The van der Waals surface area contributed by atoms with Crippen LogP contribution in [0.3, 0.4) is 0 Å². The molecule has 0 amide bonds. The molecule has 0 bridgehead atoms. The first-order valence-corrected chi connectivity index (χ1v) is 15.2. The molecule has 8 nitrogen and oxygen atoms in total. The van der Waals surface area contributed by atoms with E-state index in [0.29, 0.717) is 39.6 Å². The van der Waals surface area contributed by atoms with E-state index in [2.05, 4.69) is 25.5 Å². The maximum absolute atomic E-state index is 12.7. The van der Waals surface area contributed by atoms with Crippen molar-refractivity contribution in [1.29, 1.82) is 0 Å². The number of benzene rings is 2. The number of hydrogen-bond donors (Lipinski definition) is 4. The molecule has 2 heterocycles. The molecule has 1 aliphatic heterocycles. The molecule has 190 valence electrons. The van der Waals surface area contributed by atoms with E-state index < -0.39 is 7.14 Å². The quantitative estimate of drug-likeness (QED) is 0.257. The largest absolute Gasteiger partial charge is 0.397 e. The SMILES string of the molecule is CP(C)(=O)c1ccccc1Nc1nc(Nc2ccc(N3CCC4(CC3)CC(N)C4)c(N)c2)ncc1Cl. The van der Waals surface area contributed by atoms with Crippen molar-refractivity contribution in [3.63, 3.8) is 0 Å². The van der Waals surface area contributed by atoms with Crippen LogP contribution < -0.4 is 32.3 Å². The van der Waals surface area contributed by atoms with Crippen LogP contribution in [0.15, 0.2) is 48.7 Å². The van der Waals surface area contributed by atoms with Gasteiger partial charge in [-0.1, -0.05) is 23.7 Å². The minimum absolute atomic E-state index is 0.363. The molecule has 1 spiro atoms. The number of para-hydroxylation sites is 1. The maximum Gasteiger partial charge on any atom is 0.229 e. The molecule has 1 saturated carbocycles. The number of aromatic nitrogens is 2. The molecule has 2 aromatic carbocycles. The number of hydrogen-bond acceptors (Lipinski definition) is 8. The standard InChI is InChI=1S/C26H33ClN7OP/c1-36(2,35)23-6-4-3-5-21(23)32-24-19(27)16-30-25(33-24)31-18-7-8-22(20(29)13-18)34-11-9-26(10-12-34)14-17(28)15-26/h3-8,13,16-17H,9-12,14-15,28-29H2,1-2H3,(H2,30,31,32,33). The van der Waals surface area contributed by atoms with E-state index in [4.69, 9.17) is 23.1 Å². The third-order valence-electron chi connectivity index (χ3n) is 7.32. The molecule has 2 fully saturated rings. The average molecular weight is 526 g/mol. The van der Waals surface area contributed by atoms with E-state index in [1.54, 1.807) is 13.3 Å². The van der Waals surface area contributed by atoms with E-state index in [9.17, 15) is 4.57 Å². The van der Waals surface area contributed by atoms with Crippen molar-refractivity contribution < 1.29 is 4.57 Å². The van der Waals surface area contributed by atoms with Gasteiger partial charge in [0.25, 0.3) is 0 Å². The fourth-order valence-electron chi connectivity index (χ4n) is 5.42. The predicted molar refractivity (Wildman–Crippen MR) is 151 cm³/mol. The van der Waals surface area contributed by atoms with Crippen molar-refractivity contribution in [3.8, 4) is 0 Å². The fraction of sp³-hybridized carbons (Fsp3) is 0.385. The van der Waals surface area contributed by atoms with Crippen LogP contribution >= 0.6 is 18.7 Å². The smallest absolute Gasteiger partial charge is 0.229 e. The van der Waals surface area contributed by atoms with Gasteiger partial charge in [0.2, 0.25) is 5.95 Å². The van der Waals surface area contributed by atoms with Gasteiger partial charge in [-0.05, 0) is 74.8 Å². The normalized spacial score (nSPS) is 17.6. The first kappa shape index (κ1) is 24.9. The van der Waals surface area contributed by atoms with Crippen LogP contribution in [0.5, 0.6) is 0 Å². The monoisotopic (exact) mass is 525 g/mol. The van der Waals surface area contributed by atoms with E-state index in [1.807, 2.05) is 42.5 Å². The highest BCUT2D eigenvalue weighted by Crippen LogP contribution is 2.49. The van der Waals surface area contributed by atoms with Crippen LogP contribution in [0.25, 0.3) is 0 Å². The van der Waals surface area contributed by atoms with Gasteiger partial charge < -0.3 is 31.6 Å². The lowest BCUT2D eigenvalue weighted by molar-refractivity contribution is 0.0713. The van der Waals surface area contributed by atoms with Gasteiger partial charge in [-0.2, -0.15) is 4.98 Å². The van der Waals surface area contributed by atoms with Gasteiger partial charge in [0.05, 0.1) is 23.3 Å². The second-order valence-corrected chi connectivity index (χ2v) is 14.0.